The summed E-state index contributed by atoms with van der Waals surface area (Å²) in [6.07, 6.45) is 0. The first kappa shape index (κ1) is 10.6. The van der Waals surface area contributed by atoms with Gasteiger partial charge in [-0.15, -0.1) is 0 Å². The van der Waals surface area contributed by atoms with E-state index in [1.54, 1.807) is 13.8 Å². The molecule has 0 radical (unpaired) electrons. The SMILES string of the molecule is Cc1ccc(N)c(C#CC(C)(C)O)c1. The van der Waals surface area contributed by atoms with Crippen LogP contribution in [0.25, 0.3) is 0 Å². The average Bonchev–Trinajstić information content (AvgIpc) is 2.05. The van der Waals surface area contributed by atoms with Gasteiger partial charge in [-0.2, -0.15) is 0 Å². The zero-order chi connectivity index (χ0) is 10.8. The van der Waals surface area contributed by atoms with Gasteiger partial charge >= 0.3 is 0 Å². The first-order chi connectivity index (χ1) is 6.38. The Balaban J connectivity index is 3.06. The molecule has 0 bridgehead atoms. The summed E-state index contributed by atoms with van der Waals surface area (Å²) in [5, 5.41) is 9.42. The van der Waals surface area contributed by atoms with E-state index in [-0.39, 0.29) is 0 Å². The van der Waals surface area contributed by atoms with Crippen LogP contribution in [0.3, 0.4) is 0 Å². The number of nitrogen functional groups attached to an aromatic ring is 1. The second-order valence-corrected chi connectivity index (χ2v) is 3.90. The van der Waals surface area contributed by atoms with E-state index in [0.717, 1.165) is 11.1 Å². The fourth-order valence-electron chi connectivity index (χ4n) is 0.999. The monoisotopic (exact) mass is 189 g/mol. The molecule has 1 rings (SSSR count). The normalized spacial score (nSPS) is 10.6. The molecule has 0 aromatic heterocycles. The summed E-state index contributed by atoms with van der Waals surface area (Å²) in [7, 11) is 0. The summed E-state index contributed by atoms with van der Waals surface area (Å²) in [6.45, 7) is 5.27. The highest BCUT2D eigenvalue weighted by Crippen LogP contribution is 2.12. The van der Waals surface area contributed by atoms with E-state index >= 15 is 0 Å². The molecule has 2 heteroatoms. The molecular weight excluding hydrogens is 174 g/mol. The predicted molar refractivity (Wildman–Crippen MR) is 58.8 cm³/mol. The lowest BCUT2D eigenvalue weighted by atomic mass is 10.1. The van der Waals surface area contributed by atoms with Gasteiger partial charge in [0.15, 0.2) is 0 Å². The first-order valence-electron chi connectivity index (χ1n) is 4.50. The summed E-state index contributed by atoms with van der Waals surface area (Å²) < 4.78 is 0. The van der Waals surface area contributed by atoms with Gasteiger partial charge in [-0.1, -0.05) is 17.9 Å². The van der Waals surface area contributed by atoms with E-state index in [0.29, 0.717) is 5.69 Å². The van der Waals surface area contributed by atoms with Crippen LogP contribution in [0.4, 0.5) is 5.69 Å². The lowest BCUT2D eigenvalue weighted by molar-refractivity contribution is 0.143. The van der Waals surface area contributed by atoms with Crippen molar-refractivity contribution in [2.45, 2.75) is 26.4 Å². The van der Waals surface area contributed by atoms with Crippen LogP contribution in [-0.4, -0.2) is 10.7 Å². The molecule has 2 nitrogen and oxygen atoms in total. The summed E-state index contributed by atoms with van der Waals surface area (Å²) in [5.74, 6) is 5.60. The van der Waals surface area contributed by atoms with Crippen molar-refractivity contribution in [3.05, 3.63) is 29.3 Å². The molecule has 14 heavy (non-hydrogen) atoms. The van der Waals surface area contributed by atoms with Crippen molar-refractivity contribution in [1.82, 2.24) is 0 Å². The van der Waals surface area contributed by atoms with Crippen LogP contribution >= 0.6 is 0 Å². The maximum absolute atomic E-state index is 9.42. The van der Waals surface area contributed by atoms with Crippen molar-refractivity contribution in [3.8, 4) is 11.8 Å². The Morgan fingerprint density at radius 3 is 2.57 bits per heavy atom. The molecule has 3 N–H and O–H groups in total. The smallest absolute Gasteiger partial charge is 0.120 e. The average molecular weight is 189 g/mol. The highest BCUT2D eigenvalue weighted by atomic mass is 16.3. The summed E-state index contributed by atoms with van der Waals surface area (Å²) in [6, 6.07) is 5.67. The van der Waals surface area contributed by atoms with Crippen molar-refractivity contribution in [3.63, 3.8) is 0 Å². The van der Waals surface area contributed by atoms with Crippen LogP contribution in [0.2, 0.25) is 0 Å². The number of hydrogen-bond acceptors (Lipinski definition) is 2. The molecule has 1 aromatic rings. The number of anilines is 1. The molecule has 0 atom stereocenters. The second-order valence-electron chi connectivity index (χ2n) is 3.90. The zero-order valence-electron chi connectivity index (χ0n) is 8.76. The highest BCUT2D eigenvalue weighted by Gasteiger charge is 2.06. The third kappa shape index (κ3) is 3.12. The largest absolute Gasteiger partial charge is 0.398 e. The molecule has 0 saturated heterocycles. The van der Waals surface area contributed by atoms with Crippen LogP contribution in [0.1, 0.15) is 25.0 Å². The van der Waals surface area contributed by atoms with Gasteiger partial charge in [0.1, 0.15) is 5.60 Å². The number of aryl methyl sites for hydroxylation is 1. The predicted octanol–water partition coefficient (Wildman–Crippen LogP) is 1.70. The van der Waals surface area contributed by atoms with Gasteiger partial charge in [0.25, 0.3) is 0 Å². The Morgan fingerprint density at radius 2 is 2.00 bits per heavy atom. The fourth-order valence-corrected chi connectivity index (χ4v) is 0.999. The van der Waals surface area contributed by atoms with Gasteiger partial charge in [-0.05, 0) is 38.5 Å². The maximum atomic E-state index is 9.42. The fraction of sp³-hybridized carbons (Fsp3) is 0.333. The Hall–Kier alpha value is -1.46. The third-order valence-electron chi connectivity index (χ3n) is 1.71. The van der Waals surface area contributed by atoms with Crippen molar-refractivity contribution >= 4 is 5.69 Å². The minimum atomic E-state index is -0.976. The molecular formula is C12H15NO. The van der Waals surface area contributed by atoms with Crippen LogP contribution < -0.4 is 5.73 Å². The van der Waals surface area contributed by atoms with Crippen LogP contribution in [0.15, 0.2) is 18.2 Å². The van der Waals surface area contributed by atoms with Gasteiger partial charge < -0.3 is 10.8 Å². The van der Waals surface area contributed by atoms with Crippen molar-refractivity contribution in [2.75, 3.05) is 5.73 Å². The van der Waals surface area contributed by atoms with Crippen molar-refractivity contribution in [2.24, 2.45) is 0 Å². The quantitative estimate of drug-likeness (QED) is 0.482. The molecule has 0 saturated carbocycles. The van der Waals surface area contributed by atoms with E-state index in [4.69, 9.17) is 5.73 Å². The van der Waals surface area contributed by atoms with E-state index < -0.39 is 5.60 Å². The Bertz CT molecular complexity index is 391. The Labute approximate surface area is 84.8 Å². The molecule has 1 aromatic carbocycles. The molecule has 0 heterocycles. The number of nitrogens with two attached hydrogens (primary N) is 1. The summed E-state index contributed by atoms with van der Waals surface area (Å²) in [5.41, 5.74) is 7.29. The lowest BCUT2D eigenvalue weighted by Crippen LogP contribution is -2.14. The Kier molecular flexibility index (Phi) is 2.83. The Morgan fingerprint density at radius 1 is 1.36 bits per heavy atom. The molecule has 74 valence electrons. The van der Waals surface area contributed by atoms with E-state index in [9.17, 15) is 5.11 Å². The van der Waals surface area contributed by atoms with Gasteiger partial charge in [-0.3, -0.25) is 0 Å². The molecule has 0 aliphatic carbocycles. The van der Waals surface area contributed by atoms with E-state index in [2.05, 4.69) is 11.8 Å². The molecule has 0 aliphatic heterocycles. The third-order valence-corrected chi connectivity index (χ3v) is 1.71. The van der Waals surface area contributed by atoms with Gasteiger partial charge in [0.2, 0.25) is 0 Å². The number of aliphatic hydroxyl groups is 1. The first-order valence-corrected chi connectivity index (χ1v) is 4.50. The van der Waals surface area contributed by atoms with Gasteiger partial charge in [0.05, 0.1) is 0 Å². The zero-order valence-corrected chi connectivity index (χ0v) is 8.76. The van der Waals surface area contributed by atoms with Gasteiger partial charge in [-0.25, -0.2) is 0 Å². The number of benzene rings is 1. The summed E-state index contributed by atoms with van der Waals surface area (Å²) >= 11 is 0. The summed E-state index contributed by atoms with van der Waals surface area (Å²) in [4.78, 5) is 0. The highest BCUT2D eigenvalue weighted by molar-refractivity contribution is 5.57. The number of hydrogen-bond donors (Lipinski definition) is 2. The van der Waals surface area contributed by atoms with Crippen LogP contribution in [0, 0.1) is 18.8 Å². The van der Waals surface area contributed by atoms with Gasteiger partial charge in [0, 0.05) is 11.3 Å². The maximum Gasteiger partial charge on any atom is 0.120 e. The van der Waals surface area contributed by atoms with Crippen molar-refractivity contribution in [1.29, 1.82) is 0 Å². The molecule has 0 spiro atoms. The van der Waals surface area contributed by atoms with Crippen LogP contribution in [0.5, 0.6) is 0 Å². The minimum Gasteiger partial charge on any atom is -0.398 e. The second kappa shape index (κ2) is 3.73. The van der Waals surface area contributed by atoms with Crippen molar-refractivity contribution < 1.29 is 5.11 Å². The minimum absolute atomic E-state index is 0.646. The molecule has 0 amide bonds. The molecule has 0 unspecified atom stereocenters. The lowest BCUT2D eigenvalue weighted by Gasteiger charge is -2.06. The van der Waals surface area contributed by atoms with E-state index in [1.807, 2.05) is 25.1 Å². The molecule has 0 fully saturated rings. The topological polar surface area (TPSA) is 46.2 Å². The molecule has 0 aliphatic rings. The standard InChI is InChI=1S/C12H15NO/c1-9-4-5-11(13)10(8-9)6-7-12(2,3)14/h4-5,8,14H,13H2,1-3H3. The van der Waals surface area contributed by atoms with E-state index in [1.165, 1.54) is 0 Å². The number of rotatable bonds is 0. The van der Waals surface area contributed by atoms with Crippen LogP contribution in [-0.2, 0) is 0 Å².